The van der Waals surface area contributed by atoms with Crippen LogP contribution in [0.25, 0.3) is 5.57 Å². The number of hydrogen-bond acceptors (Lipinski definition) is 7. The van der Waals surface area contributed by atoms with Gasteiger partial charge in [0.15, 0.2) is 11.5 Å². The summed E-state index contributed by atoms with van der Waals surface area (Å²) in [7, 11) is 5.43. The van der Waals surface area contributed by atoms with Crippen LogP contribution in [0.3, 0.4) is 0 Å². The fourth-order valence-electron chi connectivity index (χ4n) is 4.41. The Labute approximate surface area is 221 Å². The van der Waals surface area contributed by atoms with Crippen LogP contribution < -0.4 is 25.4 Å². The summed E-state index contributed by atoms with van der Waals surface area (Å²) in [6.07, 6.45) is 3.11. The third-order valence-electron chi connectivity index (χ3n) is 6.59. The van der Waals surface area contributed by atoms with Gasteiger partial charge in [-0.1, -0.05) is 6.07 Å². The minimum absolute atomic E-state index is 0.0660. The summed E-state index contributed by atoms with van der Waals surface area (Å²) in [4.78, 5) is 22.2. The van der Waals surface area contributed by atoms with E-state index in [0.29, 0.717) is 22.6 Å². The average molecular weight is 508 g/mol. The molecule has 0 saturated carbocycles. The molecule has 2 aromatic rings. The molecule has 1 saturated heterocycles. The molecule has 0 aromatic heterocycles. The Kier molecular flexibility index (Phi) is 9.58. The van der Waals surface area contributed by atoms with Gasteiger partial charge in [-0.15, -0.1) is 0 Å². The van der Waals surface area contributed by atoms with E-state index in [4.69, 9.17) is 15.2 Å². The molecule has 1 aliphatic heterocycles. The highest BCUT2D eigenvalue weighted by Crippen LogP contribution is 2.38. The van der Waals surface area contributed by atoms with Crippen molar-refractivity contribution in [3.05, 3.63) is 58.8 Å². The van der Waals surface area contributed by atoms with Gasteiger partial charge in [-0.25, -0.2) is 0 Å². The molecule has 1 aliphatic rings. The molecule has 1 heterocycles. The Bertz CT molecular complexity index is 1150. The number of anilines is 1. The van der Waals surface area contributed by atoms with Crippen molar-refractivity contribution in [1.82, 2.24) is 10.2 Å². The molecule has 3 rings (SSSR count). The third-order valence-corrected chi connectivity index (χ3v) is 6.59. The molecule has 1 fully saturated rings. The highest BCUT2D eigenvalue weighted by atomic mass is 16.5. The SMILES string of the molecule is CN=C/C(=C\N)c1cc([C@@H](C)NC(=O)c2cc(N3CCN(C)CC3)ccc2C)cc(OC)c1OC(C)C. The molecule has 0 bridgehead atoms. The lowest BCUT2D eigenvalue weighted by atomic mass is 9.98. The number of aliphatic imine (C=N–C) groups is 1. The van der Waals surface area contributed by atoms with E-state index in [1.807, 2.05) is 52.0 Å². The van der Waals surface area contributed by atoms with Gasteiger partial charge in [0, 0.05) is 68.0 Å². The number of methoxy groups -OCH3 is 1. The quantitative estimate of drug-likeness (QED) is 0.498. The zero-order valence-electron chi connectivity index (χ0n) is 23.2. The lowest BCUT2D eigenvalue weighted by Gasteiger charge is -2.34. The number of benzene rings is 2. The molecule has 1 atom stereocenters. The number of allylic oxidation sites excluding steroid dienone is 1. The lowest BCUT2D eigenvalue weighted by molar-refractivity contribution is 0.0939. The van der Waals surface area contributed by atoms with E-state index in [2.05, 4.69) is 33.2 Å². The Hall–Kier alpha value is -3.52. The Morgan fingerprint density at radius 3 is 2.41 bits per heavy atom. The predicted molar refractivity (Wildman–Crippen MR) is 152 cm³/mol. The monoisotopic (exact) mass is 507 g/mol. The number of amides is 1. The summed E-state index contributed by atoms with van der Waals surface area (Å²) in [5.74, 6) is 1.04. The van der Waals surface area contributed by atoms with Gasteiger partial charge in [0.25, 0.3) is 5.91 Å². The molecule has 200 valence electrons. The van der Waals surface area contributed by atoms with E-state index in [-0.39, 0.29) is 18.1 Å². The number of aryl methyl sites for hydroxylation is 1. The molecule has 2 aromatic carbocycles. The maximum absolute atomic E-state index is 13.4. The topological polar surface area (TPSA) is 92.4 Å². The van der Waals surface area contributed by atoms with Crippen molar-refractivity contribution in [1.29, 1.82) is 0 Å². The molecule has 0 radical (unpaired) electrons. The van der Waals surface area contributed by atoms with Crippen molar-refractivity contribution in [3.63, 3.8) is 0 Å². The number of carbonyl (C=O) groups is 1. The first kappa shape index (κ1) is 28.1. The first-order chi connectivity index (χ1) is 17.7. The number of likely N-dealkylation sites (N-methyl/N-ethyl adjacent to an activating group) is 1. The number of rotatable bonds is 9. The van der Waals surface area contributed by atoms with E-state index >= 15 is 0 Å². The van der Waals surface area contributed by atoms with Crippen LogP contribution in [0.1, 0.15) is 53.9 Å². The molecule has 8 nitrogen and oxygen atoms in total. The molecule has 3 N–H and O–H groups in total. The maximum Gasteiger partial charge on any atom is 0.252 e. The largest absolute Gasteiger partial charge is 0.493 e. The van der Waals surface area contributed by atoms with E-state index < -0.39 is 0 Å². The summed E-state index contributed by atoms with van der Waals surface area (Å²) >= 11 is 0. The first-order valence-electron chi connectivity index (χ1n) is 12.8. The summed E-state index contributed by atoms with van der Waals surface area (Å²) in [5.41, 5.74) is 11.0. The van der Waals surface area contributed by atoms with E-state index in [1.165, 1.54) is 6.20 Å². The van der Waals surface area contributed by atoms with Crippen LogP contribution in [-0.4, -0.2) is 70.5 Å². The van der Waals surface area contributed by atoms with Gasteiger partial charge in [0.2, 0.25) is 0 Å². The van der Waals surface area contributed by atoms with Crippen LogP contribution in [0.4, 0.5) is 5.69 Å². The molecule has 0 aliphatic carbocycles. The number of nitrogens with zero attached hydrogens (tertiary/aromatic N) is 3. The number of nitrogens with two attached hydrogens (primary N) is 1. The smallest absolute Gasteiger partial charge is 0.252 e. The summed E-state index contributed by atoms with van der Waals surface area (Å²) in [6.45, 7) is 11.7. The van der Waals surface area contributed by atoms with E-state index in [1.54, 1.807) is 20.4 Å². The number of piperazine rings is 1. The highest BCUT2D eigenvalue weighted by molar-refractivity contribution is 6.11. The van der Waals surface area contributed by atoms with Crippen molar-refractivity contribution in [2.24, 2.45) is 10.7 Å². The molecular formula is C29H41N5O3. The van der Waals surface area contributed by atoms with Crippen LogP contribution in [-0.2, 0) is 0 Å². The van der Waals surface area contributed by atoms with Gasteiger partial charge in [0.05, 0.1) is 19.3 Å². The Morgan fingerprint density at radius 1 is 1.11 bits per heavy atom. The lowest BCUT2D eigenvalue weighted by Crippen LogP contribution is -2.44. The van der Waals surface area contributed by atoms with Crippen LogP contribution in [0.5, 0.6) is 11.5 Å². The predicted octanol–water partition coefficient (Wildman–Crippen LogP) is 4.03. The first-order valence-corrected chi connectivity index (χ1v) is 12.8. The molecule has 8 heteroatoms. The highest BCUT2D eigenvalue weighted by Gasteiger charge is 2.22. The normalized spacial score (nSPS) is 15.8. The van der Waals surface area contributed by atoms with Crippen molar-refractivity contribution >= 4 is 23.4 Å². The molecule has 0 unspecified atom stereocenters. The second-order valence-corrected chi connectivity index (χ2v) is 9.76. The maximum atomic E-state index is 13.4. The minimum atomic E-state index is -0.294. The number of ether oxygens (including phenoxy) is 2. The zero-order chi connectivity index (χ0) is 27.1. The zero-order valence-corrected chi connectivity index (χ0v) is 23.2. The summed E-state index contributed by atoms with van der Waals surface area (Å²) < 4.78 is 11.8. The van der Waals surface area contributed by atoms with Crippen molar-refractivity contribution in [2.45, 2.75) is 39.8 Å². The summed E-state index contributed by atoms with van der Waals surface area (Å²) in [5, 5.41) is 3.17. The van der Waals surface area contributed by atoms with Gasteiger partial charge in [-0.3, -0.25) is 9.79 Å². The van der Waals surface area contributed by atoms with Gasteiger partial charge in [-0.2, -0.15) is 0 Å². The van der Waals surface area contributed by atoms with Crippen LogP contribution in [0.2, 0.25) is 0 Å². The van der Waals surface area contributed by atoms with E-state index in [9.17, 15) is 4.79 Å². The third kappa shape index (κ3) is 6.83. The van der Waals surface area contributed by atoms with Gasteiger partial charge >= 0.3 is 0 Å². The van der Waals surface area contributed by atoms with Crippen LogP contribution >= 0.6 is 0 Å². The molecule has 1 amide bonds. The van der Waals surface area contributed by atoms with Gasteiger partial charge in [-0.05, 0) is 70.1 Å². The number of hydrogen-bond donors (Lipinski definition) is 2. The van der Waals surface area contributed by atoms with Crippen molar-refractivity contribution in [3.8, 4) is 11.5 Å². The van der Waals surface area contributed by atoms with E-state index in [0.717, 1.165) is 48.6 Å². The standard InChI is InChI=1S/C29H41N5O3/c1-19(2)37-28-26(23(17-30)18-31-5)14-22(15-27(28)36-7)21(4)32-29(35)25-16-24(9-8-20(25)3)34-12-10-33(6)11-13-34/h8-9,14-19,21H,10-13,30H2,1-7H3,(H,32,35)/b23-17+,31-18?/t21-/m1/s1. The Morgan fingerprint density at radius 2 is 1.81 bits per heavy atom. The molecular weight excluding hydrogens is 466 g/mol. The van der Waals surface area contributed by atoms with Gasteiger partial charge in [0.1, 0.15) is 0 Å². The molecule has 37 heavy (non-hydrogen) atoms. The average Bonchev–Trinajstić information content (AvgIpc) is 2.87. The fourth-order valence-corrected chi connectivity index (χ4v) is 4.41. The Balaban J connectivity index is 1.92. The summed E-state index contributed by atoms with van der Waals surface area (Å²) in [6, 6.07) is 9.70. The van der Waals surface area contributed by atoms with Crippen molar-refractivity contribution in [2.75, 3.05) is 52.3 Å². The van der Waals surface area contributed by atoms with Crippen LogP contribution in [0.15, 0.2) is 41.5 Å². The second-order valence-electron chi connectivity index (χ2n) is 9.76. The molecule has 0 spiro atoms. The van der Waals surface area contributed by atoms with Crippen LogP contribution in [0, 0.1) is 6.92 Å². The second kappa shape index (κ2) is 12.6. The number of carbonyl (C=O) groups excluding carboxylic acids is 1. The fraction of sp³-hybridized carbons (Fsp3) is 0.448. The van der Waals surface area contributed by atoms with Gasteiger partial charge < -0.3 is 30.3 Å². The van der Waals surface area contributed by atoms with Crippen molar-refractivity contribution < 1.29 is 14.3 Å². The minimum Gasteiger partial charge on any atom is -0.493 e. The number of nitrogens with one attached hydrogen (secondary N) is 1.